The highest BCUT2D eigenvalue weighted by Gasteiger charge is 2.52. The standard InChI is InChI=1S/C23H30F6N6O4/c1-12(32-15-9-31-33-20(37)18(15)23(27,28)29)11-39-6-3-17(36)34-4-5-35-16(10-34)21(2,38)14-7-13(22(24,25)26)8-30-19(14)35/h7-8,12,15-16,18,31-32,38H,3-6,9-11H2,1-2H3,(H,33,37)/t12-,15?,16-,18?,21+/m0/s1. The van der Waals surface area contributed by atoms with Crippen LogP contribution in [0.4, 0.5) is 32.2 Å². The number of halogens is 6. The number of ether oxygens (including phenoxy) is 1. The van der Waals surface area contributed by atoms with Crippen LogP contribution in [0.25, 0.3) is 0 Å². The number of rotatable bonds is 7. The van der Waals surface area contributed by atoms with Gasteiger partial charge in [-0.05, 0) is 19.9 Å². The number of alkyl halides is 6. The highest BCUT2D eigenvalue weighted by molar-refractivity contribution is 5.80. The second-order valence-corrected chi connectivity index (χ2v) is 10.2. The number of carbonyl (C=O) groups excluding carboxylic acids is 2. The molecule has 4 heterocycles. The quantitative estimate of drug-likeness (QED) is 0.283. The van der Waals surface area contributed by atoms with E-state index in [1.807, 2.05) is 5.43 Å². The SMILES string of the molecule is C[C@@H](COCCC(=O)N1CCN2c3ncc(C(F)(F)F)cc3[C@@](C)(O)[C@@H]2C1)NC1CNNC(=O)C1C(F)(F)F. The fourth-order valence-electron chi connectivity index (χ4n) is 5.29. The zero-order chi connectivity index (χ0) is 28.8. The molecule has 0 spiro atoms. The first-order chi connectivity index (χ1) is 18.1. The zero-order valence-corrected chi connectivity index (χ0v) is 21.2. The van der Waals surface area contributed by atoms with Crippen molar-refractivity contribution >= 4 is 17.6 Å². The highest BCUT2D eigenvalue weighted by atomic mass is 19.4. The van der Waals surface area contributed by atoms with E-state index in [-0.39, 0.29) is 63.1 Å². The normalized spacial score (nSPS) is 28.1. The van der Waals surface area contributed by atoms with Gasteiger partial charge in [-0.3, -0.25) is 15.0 Å². The summed E-state index contributed by atoms with van der Waals surface area (Å²) in [6.45, 7) is 3.43. The Labute approximate surface area is 220 Å². The monoisotopic (exact) mass is 568 g/mol. The van der Waals surface area contributed by atoms with Crippen molar-refractivity contribution in [2.75, 3.05) is 44.3 Å². The van der Waals surface area contributed by atoms with E-state index in [0.29, 0.717) is 0 Å². The number of nitrogens with zero attached hydrogens (tertiary/aromatic N) is 3. The van der Waals surface area contributed by atoms with Gasteiger partial charge in [0, 0.05) is 50.0 Å². The number of carbonyl (C=O) groups is 2. The number of piperazine rings is 1. The Morgan fingerprint density at radius 1 is 1.31 bits per heavy atom. The maximum atomic E-state index is 13.3. The van der Waals surface area contributed by atoms with Crippen LogP contribution < -0.4 is 21.1 Å². The van der Waals surface area contributed by atoms with E-state index in [9.17, 15) is 41.0 Å². The minimum atomic E-state index is -4.72. The number of fused-ring (bicyclic) bond motifs is 3. The molecule has 2 saturated heterocycles. The molecule has 1 aromatic rings. The molecule has 4 rings (SSSR count). The third-order valence-electron chi connectivity index (χ3n) is 7.29. The highest BCUT2D eigenvalue weighted by Crippen LogP contribution is 2.45. The Balaban J connectivity index is 1.26. The Hall–Kier alpha value is -2.69. The maximum Gasteiger partial charge on any atom is 0.417 e. The zero-order valence-electron chi connectivity index (χ0n) is 21.2. The molecule has 2 unspecified atom stereocenters. The molecule has 1 aromatic heterocycles. The number of nitrogens with one attached hydrogen (secondary N) is 3. The molecule has 5 atom stereocenters. The van der Waals surface area contributed by atoms with Crippen molar-refractivity contribution in [1.82, 2.24) is 26.1 Å². The summed E-state index contributed by atoms with van der Waals surface area (Å²) < 4.78 is 84.8. The van der Waals surface area contributed by atoms with Crippen LogP contribution >= 0.6 is 0 Å². The average molecular weight is 569 g/mol. The van der Waals surface area contributed by atoms with Crippen molar-refractivity contribution < 1.29 is 45.8 Å². The molecule has 39 heavy (non-hydrogen) atoms. The molecule has 3 aliphatic rings. The van der Waals surface area contributed by atoms with E-state index in [1.165, 1.54) is 11.8 Å². The number of anilines is 1. The first kappa shape index (κ1) is 29.3. The Bertz CT molecular complexity index is 1080. The number of hydrogen-bond acceptors (Lipinski definition) is 8. The Kier molecular flexibility index (Phi) is 8.04. The number of aliphatic hydroxyl groups is 1. The molecule has 0 saturated carbocycles. The van der Waals surface area contributed by atoms with Crippen LogP contribution in [0.15, 0.2) is 12.3 Å². The lowest BCUT2D eigenvalue weighted by Gasteiger charge is -2.42. The summed E-state index contributed by atoms with van der Waals surface area (Å²) in [6.07, 6.45) is -8.64. The van der Waals surface area contributed by atoms with Crippen LogP contribution in [-0.4, -0.2) is 90.5 Å². The summed E-state index contributed by atoms with van der Waals surface area (Å²) in [5.74, 6) is -3.42. The average Bonchev–Trinajstić information content (AvgIpc) is 3.06. The number of pyridine rings is 1. The largest absolute Gasteiger partial charge is 0.417 e. The van der Waals surface area contributed by atoms with Crippen LogP contribution in [0.1, 0.15) is 31.4 Å². The van der Waals surface area contributed by atoms with E-state index < -0.39 is 53.5 Å². The van der Waals surface area contributed by atoms with Crippen LogP contribution in [0.2, 0.25) is 0 Å². The Morgan fingerprint density at radius 2 is 2.03 bits per heavy atom. The van der Waals surface area contributed by atoms with Crippen molar-refractivity contribution in [2.24, 2.45) is 5.92 Å². The summed E-state index contributed by atoms with van der Waals surface area (Å²) >= 11 is 0. The van der Waals surface area contributed by atoms with Gasteiger partial charge in [0.05, 0.1) is 31.2 Å². The van der Waals surface area contributed by atoms with Crippen molar-refractivity contribution in [1.29, 1.82) is 0 Å². The molecule has 4 N–H and O–H groups in total. The van der Waals surface area contributed by atoms with E-state index in [2.05, 4.69) is 15.7 Å². The molecular formula is C23H30F6N6O4. The minimum Gasteiger partial charge on any atom is -0.383 e. The fraction of sp³-hybridized carbons (Fsp3) is 0.696. The summed E-state index contributed by atoms with van der Waals surface area (Å²) in [6, 6.07) is -1.54. The van der Waals surface area contributed by atoms with Crippen LogP contribution in [0, 0.1) is 5.92 Å². The number of amides is 2. The lowest BCUT2D eigenvalue weighted by Crippen LogP contribution is -2.64. The molecule has 16 heteroatoms. The second-order valence-electron chi connectivity index (χ2n) is 10.2. The minimum absolute atomic E-state index is 0.0103. The molecule has 2 amide bonds. The lowest BCUT2D eigenvalue weighted by molar-refractivity contribution is -0.193. The second kappa shape index (κ2) is 10.7. The molecular weight excluding hydrogens is 538 g/mol. The van der Waals surface area contributed by atoms with Crippen molar-refractivity contribution in [3.05, 3.63) is 23.4 Å². The van der Waals surface area contributed by atoms with Crippen molar-refractivity contribution in [3.8, 4) is 0 Å². The van der Waals surface area contributed by atoms with Crippen LogP contribution in [-0.2, 0) is 26.1 Å². The predicted molar refractivity (Wildman–Crippen MR) is 124 cm³/mol. The van der Waals surface area contributed by atoms with Gasteiger partial charge in [-0.1, -0.05) is 0 Å². The van der Waals surface area contributed by atoms with E-state index in [0.717, 1.165) is 12.3 Å². The molecule has 2 fully saturated rings. The number of hydrazine groups is 1. The van der Waals surface area contributed by atoms with E-state index in [4.69, 9.17) is 4.74 Å². The van der Waals surface area contributed by atoms with Gasteiger partial charge < -0.3 is 25.0 Å². The third kappa shape index (κ3) is 6.07. The molecule has 10 nitrogen and oxygen atoms in total. The van der Waals surface area contributed by atoms with E-state index in [1.54, 1.807) is 11.8 Å². The summed E-state index contributed by atoms with van der Waals surface area (Å²) in [5.41, 5.74) is 1.82. The van der Waals surface area contributed by atoms with Gasteiger partial charge >= 0.3 is 12.4 Å². The Morgan fingerprint density at radius 3 is 2.69 bits per heavy atom. The van der Waals surface area contributed by atoms with Gasteiger partial charge in [0.25, 0.3) is 0 Å². The molecule has 0 bridgehead atoms. The number of aromatic nitrogens is 1. The summed E-state index contributed by atoms with van der Waals surface area (Å²) in [5, 5.41) is 13.8. The first-order valence-corrected chi connectivity index (χ1v) is 12.4. The smallest absolute Gasteiger partial charge is 0.383 e. The van der Waals surface area contributed by atoms with Gasteiger partial charge in [0.1, 0.15) is 11.4 Å². The topological polar surface area (TPSA) is 119 Å². The molecule has 218 valence electrons. The third-order valence-corrected chi connectivity index (χ3v) is 7.29. The van der Waals surface area contributed by atoms with Crippen molar-refractivity contribution in [2.45, 2.75) is 56.3 Å². The first-order valence-electron chi connectivity index (χ1n) is 12.4. The lowest BCUT2D eigenvalue weighted by atomic mass is 9.90. The summed E-state index contributed by atoms with van der Waals surface area (Å²) in [4.78, 5) is 31.6. The fourth-order valence-corrected chi connectivity index (χ4v) is 5.29. The molecule has 0 aromatic carbocycles. The maximum absolute atomic E-state index is 13.3. The van der Waals surface area contributed by atoms with Gasteiger partial charge in [-0.2, -0.15) is 26.3 Å². The molecule has 0 radical (unpaired) electrons. The van der Waals surface area contributed by atoms with Gasteiger partial charge in [0.2, 0.25) is 11.8 Å². The van der Waals surface area contributed by atoms with E-state index >= 15 is 0 Å². The summed E-state index contributed by atoms with van der Waals surface area (Å²) in [7, 11) is 0. The van der Waals surface area contributed by atoms with Crippen LogP contribution in [0.3, 0.4) is 0 Å². The van der Waals surface area contributed by atoms with Crippen LogP contribution in [0.5, 0.6) is 0 Å². The van der Waals surface area contributed by atoms with Gasteiger partial charge in [-0.15, -0.1) is 0 Å². The predicted octanol–water partition coefficient (Wildman–Crippen LogP) is 0.905. The van der Waals surface area contributed by atoms with Gasteiger partial charge in [0.15, 0.2) is 5.92 Å². The number of hydrogen-bond donors (Lipinski definition) is 4. The molecule has 3 aliphatic heterocycles. The van der Waals surface area contributed by atoms with Crippen molar-refractivity contribution in [3.63, 3.8) is 0 Å². The van der Waals surface area contributed by atoms with Gasteiger partial charge in [-0.25, -0.2) is 10.4 Å². The molecule has 0 aliphatic carbocycles.